The molecule has 2 fully saturated rings. The molecule has 4 heterocycles. The van der Waals surface area contributed by atoms with E-state index in [4.69, 9.17) is 0 Å². The quantitative estimate of drug-likeness (QED) is 0.582. The van der Waals surface area contributed by atoms with Crippen molar-refractivity contribution in [2.75, 3.05) is 26.2 Å². The molecule has 2 saturated heterocycles. The Morgan fingerprint density at radius 3 is 2.61 bits per heavy atom. The van der Waals surface area contributed by atoms with Gasteiger partial charge in [0.05, 0.1) is 0 Å². The molecule has 0 aliphatic carbocycles. The van der Waals surface area contributed by atoms with Crippen LogP contribution >= 0.6 is 0 Å². The molecule has 2 aromatic heterocycles. The number of carbonyl (C=O) groups is 1. The maximum Gasteiger partial charge on any atom is 0.228 e. The van der Waals surface area contributed by atoms with Crippen molar-refractivity contribution in [3.63, 3.8) is 0 Å². The van der Waals surface area contributed by atoms with Crippen LogP contribution < -0.4 is 5.32 Å². The maximum atomic E-state index is 13.2. The first kappa shape index (κ1) is 22.1. The number of fused-ring (bicyclic) bond motifs is 1. The summed E-state index contributed by atoms with van der Waals surface area (Å²) >= 11 is 0. The number of aromatic amines is 1. The number of carbonyl (C=O) groups excluding carboxylic acids is 1. The highest BCUT2D eigenvalue weighted by Gasteiger charge is 2.38. The molecule has 1 aromatic carbocycles. The Labute approximate surface area is 197 Å². The largest absolute Gasteiger partial charge is 0.354 e. The van der Waals surface area contributed by atoms with Gasteiger partial charge in [0.2, 0.25) is 5.91 Å². The molecule has 2 aliphatic rings. The second kappa shape index (κ2) is 8.94. The van der Waals surface area contributed by atoms with Crippen LogP contribution in [0.3, 0.4) is 0 Å². The number of likely N-dealkylation sites (tertiary alicyclic amines) is 1. The molecule has 174 valence electrons. The number of rotatable bonds is 4. The van der Waals surface area contributed by atoms with Gasteiger partial charge in [-0.05, 0) is 93.4 Å². The highest BCUT2D eigenvalue weighted by Crippen LogP contribution is 2.37. The number of hydrogen-bond acceptors (Lipinski definition) is 3. The summed E-state index contributed by atoms with van der Waals surface area (Å²) in [5.41, 5.74) is 7.26. The highest BCUT2D eigenvalue weighted by atomic mass is 16.2. The molecule has 0 radical (unpaired) electrons. The van der Waals surface area contributed by atoms with Gasteiger partial charge in [-0.25, -0.2) is 0 Å². The van der Waals surface area contributed by atoms with E-state index in [0.29, 0.717) is 11.8 Å². The lowest BCUT2D eigenvalue weighted by atomic mass is 9.78. The molecule has 0 spiro atoms. The number of H-pyrrole nitrogens is 1. The fraction of sp³-hybridized carbons (Fsp3) is 0.500. The van der Waals surface area contributed by atoms with E-state index in [0.717, 1.165) is 64.0 Å². The second-order valence-corrected chi connectivity index (χ2v) is 10.2. The molecule has 0 bridgehead atoms. The van der Waals surface area contributed by atoms with Crippen molar-refractivity contribution in [3.8, 4) is 11.3 Å². The van der Waals surface area contributed by atoms with Gasteiger partial charge in [-0.3, -0.25) is 9.78 Å². The van der Waals surface area contributed by atoms with E-state index < -0.39 is 0 Å². The number of aromatic nitrogens is 2. The predicted molar refractivity (Wildman–Crippen MR) is 134 cm³/mol. The number of amides is 1. The summed E-state index contributed by atoms with van der Waals surface area (Å²) in [5, 5.41) is 4.72. The summed E-state index contributed by atoms with van der Waals surface area (Å²) in [6.07, 6.45) is 6.88. The SMILES string of the molecule is CCc1c(-c2ccnc(C)c2)[nH]c2ccc(C3CCN(C(=O)C4(C)CCNCC4)CC3)cc12. The minimum absolute atomic E-state index is 0.181. The number of benzene rings is 1. The molecule has 5 heteroatoms. The smallest absolute Gasteiger partial charge is 0.228 e. The van der Waals surface area contributed by atoms with Gasteiger partial charge in [0.25, 0.3) is 0 Å². The molecule has 33 heavy (non-hydrogen) atoms. The maximum absolute atomic E-state index is 13.2. The summed E-state index contributed by atoms with van der Waals surface area (Å²) in [5.74, 6) is 0.889. The zero-order valence-corrected chi connectivity index (χ0v) is 20.2. The van der Waals surface area contributed by atoms with Crippen molar-refractivity contribution in [3.05, 3.63) is 53.3 Å². The molecule has 0 atom stereocenters. The molecular formula is C28H36N4O. The van der Waals surface area contributed by atoms with Crippen LogP contribution in [-0.2, 0) is 11.2 Å². The number of hydrogen-bond donors (Lipinski definition) is 2. The monoisotopic (exact) mass is 444 g/mol. The number of nitrogens with one attached hydrogen (secondary N) is 2. The first-order valence-corrected chi connectivity index (χ1v) is 12.6. The molecule has 1 amide bonds. The van der Waals surface area contributed by atoms with E-state index in [1.165, 1.54) is 33.3 Å². The van der Waals surface area contributed by atoms with Crippen LogP contribution in [-0.4, -0.2) is 47.0 Å². The van der Waals surface area contributed by atoms with E-state index in [1.54, 1.807) is 0 Å². The fourth-order valence-corrected chi connectivity index (χ4v) is 5.82. The molecule has 0 saturated carbocycles. The van der Waals surface area contributed by atoms with Crippen molar-refractivity contribution >= 4 is 16.8 Å². The lowest BCUT2D eigenvalue weighted by Gasteiger charge is -2.40. The molecule has 5 rings (SSSR count). The Balaban J connectivity index is 1.35. The van der Waals surface area contributed by atoms with E-state index in [9.17, 15) is 4.79 Å². The van der Waals surface area contributed by atoms with Crippen LogP contribution in [0.5, 0.6) is 0 Å². The predicted octanol–water partition coefficient (Wildman–Crippen LogP) is 5.20. The summed E-state index contributed by atoms with van der Waals surface area (Å²) in [7, 11) is 0. The van der Waals surface area contributed by atoms with Gasteiger partial charge >= 0.3 is 0 Å². The Morgan fingerprint density at radius 2 is 1.91 bits per heavy atom. The van der Waals surface area contributed by atoms with Crippen molar-refractivity contribution in [1.29, 1.82) is 0 Å². The van der Waals surface area contributed by atoms with Crippen LogP contribution in [0.2, 0.25) is 0 Å². The number of aryl methyl sites for hydroxylation is 2. The Morgan fingerprint density at radius 1 is 1.15 bits per heavy atom. The van der Waals surface area contributed by atoms with Crippen LogP contribution in [0.4, 0.5) is 0 Å². The first-order valence-electron chi connectivity index (χ1n) is 12.6. The fourth-order valence-electron chi connectivity index (χ4n) is 5.82. The number of pyridine rings is 1. The standard InChI is InChI=1S/C28H36N4O/c1-4-23-24-18-21(5-6-25(24)31-26(23)22-7-12-30-19(2)17-22)20-8-15-32(16-9-20)27(33)28(3)10-13-29-14-11-28/h5-7,12,17-18,20,29,31H,4,8-11,13-16H2,1-3H3. The van der Waals surface area contributed by atoms with Crippen LogP contribution in [0.15, 0.2) is 36.5 Å². The first-order chi connectivity index (χ1) is 16.0. The van der Waals surface area contributed by atoms with Crippen molar-refractivity contribution in [2.24, 2.45) is 5.41 Å². The third-order valence-electron chi connectivity index (χ3n) is 7.95. The number of piperidine rings is 2. The van der Waals surface area contributed by atoms with Crippen molar-refractivity contribution in [2.45, 2.75) is 58.8 Å². The van der Waals surface area contributed by atoms with Gasteiger partial charge in [0.1, 0.15) is 0 Å². The van der Waals surface area contributed by atoms with Gasteiger partial charge in [0.15, 0.2) is 0 Å². The average molecular weight is 445 g/mol. The van der Waals surface area contributed by atoms with Crippen LogP contribution in [0, 0.1) is 12.3 Å². The third kappa shape index (κ3) is 4.19. The topological polar surface area (TPSA) is 61.0 Å². The Hall–Kier alpha value is -2.66. The molecule has 2 N–H and O–H groups in total. The van der Waals surface area contributed by atoms with Crippen LogP contribution in [0.1, 0.15) is 62.3 Å². The Bertz CT molecular complexity index is 1150. The average Bonchev–Trinajstić information content (AvgIpc) is 3.22. The molecule has 2 aliphatic heterocycles. The van der Waals surface area contributed by atoms with Gasteiger partial charge in [-0.2, -0.15) is 0 Å². The Kier molecular flexibility index (Phi) is 6.00. The minimum Gasteiger partial charge on any atom is -0.354 e. The summed E-state index contributed by atoms with van der Waals surface area (Å²) < 4.78 is 0. The van der Waals surface area contributed by atoms with Gasteiger partial charge in [0, 0.05) is 52.6 Å². The molecule has 3 aromatic rings. The van der Waals surface area contributed by atoms with E-state index in [2.05, 4.69) is 64.4 Å². The molecule has 5 nitrogen and oxygen atoms in total. The lowest BCUT2D eigenvalue weighted by Crippen LogP contribution is -2.49. The lowest BCUT2D eigenvalue weighted by molar-refractivity contribution is -0.143. The van der Waals surface area contributed by atoms with Crippen molar-refractivity contribution in [1.82, 2.24) is 20.2 Å². The van der Waals surface area contributed by atoms with E-state index in [1.807, 2.05) is 13.1 Å². The summed E-state index contributed by atoms with van der Waals surface area (Å²) in [4.78, 5) is 23.4. The third-order valence-corrected chi connectivity index (χ3v) is 7.95. The van der Waals surface area contributed by atoms with E-state index >= 15 is 0 Å². The van der Waals surface area contributed by atoms with Crippen LogP contribution in [0.25, 0.3) is 22.2 Å². The highest BCUT2D eigenvalue weighted by molar-refractivity contribution is 5.91. The van der Waals surface area contributed by atoms with Gasteiger partial charge in [-0.1, -0.05) is 19.9 Å². The number of nitrogens with zero attached hydrogens (tertiary/aromatic N) is 2. The van der Waals surface area contributed by atoms with Gasteiger partial charge < -0.3 is 15.2 Å². The summed E-state index contributed by atoms with van der Waals surface area (Å²) in [6, 6.07) is 11.2. The van der Waals surface area contributed by atoms with E-state index in [-0.39, 0.29) is 5.41 Å². The zero-order chi connectivity index (χ0) is 23.0. The second-order valence-electron chi connectivity index (χ2n) is 10.2. The molecular weight excluding hydrogens is 408 g/mol. The van der Waals surface area contributed by atoms with Crippen molar-refractivity contribution < 1.29 is 4.79 Å². The zero-order valence-electron chi connectivity index (χ0n) is 20.2. The van der Waals surface area contributed by atoms with Gasteiger partial charge in [-0.15, -0.1) is 0 Å². The minimum atomic E-state index is -0.181. The summed E-state index contributed by atoms with van der Waals surface area (Å²) in [6.45, 7) is 10.1. The molecule has 0 unspecified atom stereocenters. The normalized spacial score (nSPS) is 19.2.